The number of aryl methyl sites for hydroxylation is 2. The van der Waals surface area contributed by atoms with Crippen LogP contribution in [0, 0.1) is 6.92 Å². The molecule has 0 heterocycles. The fraction of sp³-hybridized carbons (Fsp3) is 0.316. The van der Waals surface area contributed by atoms with Crippen molar-refractivity contribution in [3.63, 3.8) is 0 Å². The van der Waals surface area contributed by atoms with Gasteiger partial charge < -0.3 is 10.6 Å². The van der Waals surface area contributed by atoms with Gasteiger partial charge in [0, 0.05) is 5.69 Å². The molecule has 0 bridgehead atoms. The molecule has 0 saturated heterocycles. The highest BCUT2D eigenvalue weighted by molar-refractivity contribution is 7.80. The minimum atomic E-state index is 0.232. The Bertz CT molecular complexity index is 602. The van der Waals surface area contributed by atoms with E-state index in [1.165, 1.54) is 16.7 Å². The lowest BCUT2D eigenvalue weighted by atomic mass is 10.0. The molecular formula is C19H24N2S. The summed E-state index contributed by atoms with van der Waals surface area (Å²) in [6.07, 6.45) is 2.04. The molecule has 2 aromatic carbocycles. The van der Waals surface area contributed by atoms with E-state index in [2.05, 4.69) is 79.9 Å². The second-order valence-electron chi connectivity index (χ2n) is 5.52. The lowest BCUT2D eigenvalue weighted by Gasteiger charge is -2.20. The first-order valence-corrected chi connectivity index (χ1v) is 8.26. The SMILES string of the molecule is CCc1ccc(NC(=S)N[C@H](CC)c2ccc(C)cc2)cc1. The molecule has 0 fully saturated rings. The van der Waals surface area contributed by atoms with Crippen molar-refractivity contribution in [2.24, 2.45) is 0 Å². The van der Waals surface area contributed by atoms with E-state index in [4.69, 9.17) is 12.2 Å². The highest BCUT2D eigenvalue weighted by Crippen LogP contribution is 2.18. The summed E-state index contributed by atoms with van der Waals surface area (Å²) < 4.78 is 0. The van der Waals surface area contributed by atoms with Crippen LogP contribution in [-0.2, 0) is 6.42 Å². The lowest BCUT2D eigenvalue weighted by molar-refractivity contribution is 0.629. The van der Waals surface area contributed by atoms with Gasteiger partial charge >= 0.3 is 0 Å². The van der Waals surface area contributed by atoms with E-state index < -0.39 is 0 Å². The molecular weight excluding hydrogens is 288 g/mol. The summed E-state index contributed by atoms with van der Waals surface area (Å²) in [7, 11) is 0. The largest absolute Gasteiger partial charge is 0.356 e. The summed E-state index contributed by atoms with van der Waals surface area (Å²) in [6, 6.07) is 17.2. The Balaban J connectivity index is 1.98. The number of benzene rings is 2. The third-order valence-corrected chi connectivity index (χ3v) is 4.03. The van der Waals surface area contributed by atoms with Gasteiger partial charge in [-0.3, -0.25) is 0 Å². The Kier molecular flexibility index (Phi) is 5.96. The van der Waals surface area contributed by atoms with E-state index >= 15 is 0 Å². The summed E-state index contributed by atoms with van der Waals surface area (Å²) in [5, 5.41) is 7.32. The number of hydrogen-bond donors (Lipinski definition) is 2. The smallest absolute Gasteiger partial charge is 0.171 e. The first-order valence-electron chi connectivity index (χ1n) is 7.85. The second kappa shape index (κ2) is 7.95. The molecule has 0 spiro atoms. The maximum Gasteiger partial charge on any atom is 0.171 e. The highest BCUT2D eigenvalue weighted by Gasteiger charge is 2.10. The Hall–Kier alpha value is -1.87. The monoisotopic (exact) mass is 312 g/mol. The molecule has 0 saturated carbocycles. The van der Waals surface area contributed by atoms with Crippen molar-refractivity contribution < 1.29 is 0 Å². The third-order valence-electron chi connectivity index (χ3n) is 3.81. The van der Waals surface area contributed by atoms with Crippen molar-refractivity contribution in [1.82, 2.24) is 5.32 Å². The Labute approximate surface area is 139 Å². The van der Waals surface area contributed by atoms with Crippen LogP contribution in [0.3, 0.4) is 0 Å². The van der Waals surface area contributed by atoms with Crippen LogP contribution in [0.5, 0.6) is 0 Å². The number of rotatable bonds is 5. The first-order chi connectivity index (χ1) is 10.6. The minimum absolute atomic E-state index is 0.232. The number of nitrogens with one attached hydrogen (secondary N) is 2. The lowest BCUT2D eigenvalue weighted by Crippen LogP contribution is -2.32. The van der Waals surface area contributed by atoms with Crippen molar-refractivity contribution in [3.8, 4) is 0 Å². The molecule has 2 aromatic rings. The molecule has 1 atom stereocenters. The van der Waals surface area contributed by atoms with E-state index in [9.17, 15) is 0 Å². The molecule has 22 heavy (non-hydrogen) atoms. The topological polar surface area (TPSA) is 24.1 Å². The van der Waals surface area contributed by atoms with E-state index in [0.717, 1.165) is 18.5 Å². The molecule has 0 amide bonds. The van der Waals surface area contributed by atoms with Gasteiger partial charge in [0.05, 0.1) is 6.04 Å². The van der Waals surface area contributed by atoms with Crippen LogP contribution in [0.2, 0.25) is 0 Å². The fourth-order valence-corrected chi connectivity index (χ4v) is 2.63. The Morgan fingerprint density at radius 1 is 1.00 bits per heavy atom. The molecule has 0 unspecified atom stereocenters. The molecule has 0 aliphatic carbocycles. The second-order valence-corrected chi connectivity index (χ2v) is 5.93. The zero-order valence-electron chi connectivity index (χ0n) is 13.5. The van der Waals surface area contributed by atoms with Crippen molar-refractivity contribution in [3.05, 3.63) is 65.2 Å². The standard InChI is InChI=1S/C19H24N2S/c1-4-15-8-12-17(13-9-15)20-19(22)21-18(5-2)16-10-6-14(3)7-11-16/h6-13,18H,4-5H2,1-3H3,(H2,20,21,22)/t18-/m1/s1. The van der Waals surface area contributed by atoms with Crippen LogP contribution in [0.4, 0.5) is 5.69 Å². The van der Waals surface area contributed by atoms with Gasteiger partial charge in [-0.2, -0.15) is 0 Å². The average Bonchev–Trinajstić information content (AvgIpc) is 2.54. The Morgan fingerprint density at radius 2 is 1.64 bits per heavy atom. The third kappa shape index (κ3) is 4.57. The summed E-state index contributed by atoms with van der Waals surface area (Å²) in [6.45, 7) is 6.42. The van der Waals surface area contributed by atoms with Crippen LogP contribution >= 0.6 is 12.2 Å². The zero-order chi connectivity index (χ0) is 15.9. The quantitative estimate of drug-likeness (QED) is 0.760. The van der Waals surface area contributed by atoms with Gasteiger partial charge in [-0.15, -0.1) is 0 Å². The minimum Gasteiger partial charge on any atom is -0.356 e. The molecule has 0 aromatic heterocycles. The maximum atomic E-state index is 5.44. The summed E-state index contributed by atoms with van der Waals surface area (Å²) in [5.41, 5.74) is 4.89. The van der Waals surface area contributed by atoms with Crippen LogP contribution < -0.4 is 10.6 Å². The van der Waals surface area contributed by atoms with E-state index in [1.807, 2.05) is 0 Å². The van der Waals surface area contributed by atoms with Gasteiger partial charge in [-0.25, -0.2) is 0 Å². The molecule has 0 aliphatic rings. The zero-order valence-corrected chi connectivity index (χ0v) is 14.3. The normalized spacial score (nSPS) is 11.8. The molecule has 0 aliphatic heterocycles. The van der Waals surface area contributed by atoms with Crippen LogP contribution in [-0.4, -0.2) is 5.11 Å². The molecule has 3 heteroatoms. The number of hydrogen-bond acceptors (Lipinski definition) is 1. The van der Waals surface area contributed by atoms with E-state index in [0.29, 0.717) is 5.11 Å². The van der Waals surface area contributed by atoms with E-state index in [-0.39, 0.29) is 6.04 Å². The van der Waals surface area contributed by atoms with Crippen molar-refractivity contribution in [2.45, 2.75) is 39.7 Å². The van der Waals surface area contributed by atoms with Crippen molar-refractivity contribution in [2.75, 3.05) is 5.32 Å². The Morgan fingerprint density at radius 3 is 2.18 bits per heavy atom. The summed E-state index contributed by atoms with van der Waals surface area (Å²) in [5.74, 6) is 0. The molecule has 2 nitrogen and oxygen atoms in total. The van der Waals surface area contributed by atoms with Gasteiger partial charge in [0.1, 0.15) is 0 Å². The highest BCUT2D eigenvalue weighted by atomic mass is 32.1. The van der Waals surface area contributed by atoms with Crippen molar-refractivity contribution >= 4 is 23.0 Å². The predicted octanol–water partition coefficient (Wildman–Crippen LogP) is 5.00. The summed E-state index contributed by atoms with van der Waals surface area (Å²) in [4.78, 5) is 0. The van der Waals surface area contributed by atoms with Gasteiger partial charge in [0.15, 0.2) is 5.11 Å². The molecule has 2 rings (SSSR count). The van der Waals surface area contributed by atoms with Crippen LogP contribution in [0.1, 0.15) is 43.0 Å². The fourth-order valence-electron chi connectivity index (χ4n) is 2.37. The molecule has 116 valence electrons. The number of anilines is 1. The van der Waals surface area contributed by atoms with Gasteiger partial charge in [-0.05, 0) is 55.2 Å². The summed E-state index contributed by atoms with van der Waals surface area (Å²) >= 11 is 5.44. The van der Waals surface area contributed by atoms with Crippen LogP contribution in [0.15, 0.2) is 48.5 Å². The first kappa shape index (κ1) is 16.5. The molecule has 0 radical (unpaired) electrons. The molecule has 2 N–H and O–H groups in total. The number of thiocarbonyl (C=S) groups is 1. The van der Waals surface area contributed by atoms with Crippen LogP contribution in [0.25, 0.3) is 0 Å². The van der Waals surface area contributed by atoms with Gasteiger partial charge in [0.25, 0.3) is 0 Å². The van der Waals surface area contributed by atoms with Gasteiger partial charge in [0.2, 0.25) is 0 Å². The van der Waals surface area contributed by atoms with Gasteiger partial charge in [-0.1, -0.05) is 55.8 Å². The maximum absolute atomic E-state index is 5.44. The predicted molar refractivity (Wildman–Crippen MR) is 99.4 cm³/mol. The average molecular weight is 312 g/mol. The van der Waals surface area contributed by atoms with Crippen molar-refractivity contribution in [1.29, 1.82) is 0 Å². The van der Waals surface area contributed by atoms with E-state index in [1.54, 1.807) is 0 Å².